The summed E-state index contributed by atoms with van der Waals surface area (Å²) in [6.45, 7) is 1.86. The third kappa shape index (κ3) is 1.23. The number of rotatable bonds is 1. The van der Waals surface area contributed by atoms with E-state index in [4.69, 9.17) is 20.4 Å². The van der Waals surface area contributed by atoms with E-state index in [0.29, 0.717) is 11.7 Å². The first kappa shape index (κ1) is 7.43. The maximum atomic E-state index is 5.55. The van der Waals surface area contributed by atoms with E-state index in [0.717, 1.165) is 5.76 Å². The molecule has 0 amide bonds. The minimum absolute atomic E-state index is 0.263. The molecular formula is C8H6ClNO2. The van der Waals surface area contributed by atoms with E-state index in [1.54, 1.807) is 6.07 Å². The third-order valence-electron chi connectivity index (χ3n) is 1.43. The molecule has 0 bridgehead atoms. The maximum Gasteiger partial charge on any atom is 0.264 e. The van der Waals surface area contributed by atoms with Crippen molar-refractivity contribution >= 4 is 11.6 Å². The average molecular weight is 184 g/mol. The second-order valence-electron chi connectivity index (χ2n) is 2.38. The summed E-state index contributed by atoms with van der Waals surface area (Å²) in [6.07, 6.45) is 1.44. The van der Waals surface area contributed by atoms with Gasteiger partial charge in [-0.15, -0.1) is 0 Å². The Morgan fingerprint density at radius 2 is 2.17 bits per heavy atom. The summed E-state index contributed by atoms with van der Waals surface area (Å²) >= 11 is 5.55. The van der Waals surface area contributed by atoms with Gasteiger partial charge in [-0.1, -0.05) is 0 Å². The van der Waals surface area contributed by atoms with Crippen molar-refractivity contribution in [1.29, 1.82) is 0 Å². The summed E-state index contributed by atoms with van der Waals surface area (Å²) in [4.78, 5) is 3.91. The van der Waals surface area contributed by atoms with Gasteiger partial charge in [0.05, 0.1) is 6.20 Å². The lowest BCUT2D eigenvalue weighted by molar-refractivity contribution is 0.502. The zero-order valence-electron chi connectivity index (χ0n) is 6.37. The van der Waals surface area contributed by atoms with Crippen LogP contribution in [0.2, 0.25) is 5.22 Å². The molecule has 0 N–H and O–H groups in total. The van der Waals surface area contributed by atoms with Crippen molar-refractivity contribution < 1.29 is 8.83 Å². The molecule has 0 aliphatic carbocycles. The second-order valence-corrected chi connectivity index (χ2v) is 2.75. The van der Waals surface area contributed by atoms with Crippen molar-refractivity contribution in [3.63, 3.8) is 0 Å². The molecule has 0 radical (unpaired) electrons. The molecule has 0 saturated heterocycles. The van der Waals surface area contributed by atoms with E-state index < -0.39 is 0 Å². The molecular weight excluding hydrogens is 178 g/mol. The summed E-state index contributed by atoms with van der Waals surface area (Å²) in [5.41, 5.74) is 0. The fourth-order valence-corrected chi connectivity index (χ4v) is 1.04. The Kier molecular flexibility index (Phi) is 1.66. The molecule has 0 spiro atoms. The normalized spacial score (nSPS) is 10.5. The molecule has 2 heterocycles. The van der Waals surface area contributed by atoms with Gasteiger partial charge in [0.15, 0.2) is 5.76 Å². The first-order chi connectivity index (χ1) is 5.75. The SMILES string of the molecule is Cc1ccc(-c2ncc(Cl)o2)o1. The van der Waals surface area contributed by atoms with E-state index >= 15 is 0 Å². The van der Waals surface area contributed by atoms with Gasteiger partial charge in [-0.2, -0.15) is 0 Å². The van der Waals surface area contributed by atoms with Gasteiger partial charge in [0.1, 0.15) is 5.76 Å². The summed E-state index contributed by atoms with van der Waals surface area (Å²) < 4.78 is 10.3. The van der Waals surface area contributed by atoms with Gasteiger partial charge in [0, 0.05) is 0 Å². The summed E-state index contributed by atoms with van der Waals surface area (Å²) in [7, 11) is 0. The van der Waals surface area contributed by atoms with Crippen molar-refractivity contribution in [2.75, 3.05) is 0 Å². The van der Waals surface area contributed by atoms with Gasteiger partial charge < -0.3 is 8.83 Å². The van der Waals surface area contributed by atoms with Crippen molar-refractivity contribution in [1.82, 2.24) is 4.98 Å². The molecule has 62 valence electrons. The first-order valence-corrected chi connectivity index (χ1v) is 3.81. The van der Waals surface area contributed by atoms with Crippen LogP contribution < -0.4 is 0 Å². The van der Waals surface area contributed by atoms with E-state index in [1.165, 1.54) is 6.20 Å². The maximum absolute atomic E-state index is 5.55. The third-order valence-corrected chi connectivity index (χ3v) is 1.60. The molecule has 3 nitrogen and oxygen atoms in total. The molecule has 0 aliphatic rings. The Bertz CT molecular complexity index is 353. The Balaban J connectivity index is 2.43. The summed E-state index contributed by atoms with van der Waals surface area (Å²) in [6, 6.07) is 3.63. The van der Waals surface area contributed by atoms with Crippen LogP contribution in [0.25, 0.3) is 11.7 Å². The Morgan fingerprint density at radius 1 is 1.33 bits per heavy atom. The topological polar surface area (TPSA) is 39.2 Å². The van der Waals surface area contributed by atoms with Crippen molar-refractivity contribution in [2.24, 2.45) is 0 Å². The monoisotopic (exact) mass is 183 g/mol. The number of nitrogens with zero attached hydrogens (tertiary/aromatic N) is 1. The second kappa shape index (κ2) is 2.68. The van der Waals surface area contributed by atoms with E-state index in [1.807, 2.05) is 13.0 Å². The predicted octanol–water partition coefficient (Wildman–Crippen LogP) is 2.90. The highest BCUT2D eigenvalue weighted by Crippen LogP contribution is 2.23. The average Bonchev–Trinajstić information content (AvgIpc) is 2.58. The van der Waals surface area contributed by atoms with Crippen LogP contribution in [0.1, 0.15) is 5.76 Å². The number of aromatic nitrogens is 1. The van der Waals surface area contributed by atoms with Gasteiger partial charge >= 0.3 is 0 Å². The van der Waals surface area contributed by atoms with Crippen LogP contribution in [0.4, 0.5) is 0 Å². The van der Waals surface area contributed by atoms with Gasteiger partial charge in [-0.25, -0.2) is 4.98 Å². The number of hydrogen-bond donors (Lipinski definition) is 0. The lowest BCUT2D eigenvalue weighted by Crippen LogP contribution is -1.68. The summed E-state index contributed by atoms with van der Waals surface area (Å²) in [5, 5.41) is 0.263. The quantitative estimate of drug-likeness (QED) is 0.683. The van der Waals surface area contributed by atoms with Gasteiger partial charge in [-0.3, -0.25) is 0 Å². The zero-order valence-corrected chi connectivity index (χ0v) is 7.13. The molecule has 2 rings (SSSR count). The van der Waals surface area contributed by atoms with Gasteiger partial charge in [0.25, 0.3) is 5.89 Å². The van der Waals surface area contributed by atoms with Crippen LogP contribution in [0, 0.1) is 6.92 Å². The fraction of sp³-hybridized carbons (Fsp3) is 0.125. The highest BCUT2D eigenvalue weighted by atomic mass is 35.5. The summed E-state index contributed by atoms with van der Waals surface area (Å²) in [5.74, 6) is 1.83. The molecule has 2 aromatic heterocycles. The number of halogens is 1. The molecule has 0 aromatic carbocycles. The van der Waals surface area contributed by atoms with Crippen molar-refractivity contribution in [3.05, 3.63) is 29.3 Å². The van der Waals surface area contributed by atoms with Gasteiger partial charge in [-0.05, 0) is 30.7 Å². The van der Waals surface area contributed by atoms with Crippen LogP contribution in [0.5, 0.6) is 0 Å². The predicted molar refractivity (Wildman–Crippen MR) is 44.0 cm³/mol. The van der Waals surface area contributed by atoms with Crippen LogP contribution in [0.3, 0.4) is 0 Å². The lowest BCUT2D eigenvalue weighted by Gasteiger charge is -1.85. The first-order valence-electron chi connectivity index (χ1n) is 3.44. The van der Waals surface area contributed by atoms with Crippen LogP contribution in [0.15, 0.2) is 27.2 Å². The van der Waals surface area contributed by atoms with Crippen LogP contribution in [-0.2, 0) is 0 Å². The Labute approximate surface area is 74.0 Å². The van der Waals surface area contributed by atoms with Crippen molar-refractivity contribution in [2.45, 2.75) is 6.92 Å². The van der Waals surface area contributed by atoms with Crippen molar-refractivity contribution in [3.8, 4) is 11.7 Å². The smallest absolute Gasteiger partial charge is 0.264 e. The number of furan rings is 1. The molecule has 0 unspecified atom stereocenters. The van der Waals surface area contributed by atoms with E-state index in [-0.39, 0.29) is 5.22 Å². The fourth-order valence-electron chi connectivity index (χ4n) is 0.918. The van der Waals surface area contributed by atoms with Gasteiger partial charge in [0.2, 0.25) is 5.22 Å². The Morgan fingerprint density at radius 3 is 2.67 bits per heavy atom. The van der Waals surface area contributed by atoms with E-state index in [9.17, 15) is 0 Å². The van der Waals surface area contributed by atoms with Crippen LogP contribution in [-0.4, -0.2) is 4.98 Å². The molecule has 4 heteroatoms. The standard InChI is InChI=1S/C8H6ClNO2/c1-5-2-3-6(11-5)8-10-4-7(9)12-8/h2-4H,1H3. The minimum Gasteiger partial charge on any atom is -0.456 e. The largest absolute Gasteiger partial charge is 0.456 e. The molecule has 0 fully saturated rings. The molecule has 0 aliphatic heterocycles. The zero-order chi connectivity index (χ0) is 8.55. The lowest BCUT2D eigenvalue weighted by atomic mass is 10.4. The molecule has 12 heavy (non-hydrogen) atoms. The highest BCUT2D eigenvalue weighted by molar-refractivity contribution is 6.28. The highest BCUT2D eigenvalue weighted by Gasteiger charge is 2.08. The minimum atomic E-state index is 0.263. The molecule has 0 saturated carbocycles. The number of hydrogen-bond acceptors (Lipinski definition) is 3. The number of aryl methyl sites for hydroxylation is 1. The Hall–Kier alpha value is -1.22. The number of oxazole rings is 1. The molecule has 0 atom stereocenters. The van der Waals surface area contributed by atoms with Crippen LogP contribution >= 0.6 is 11.6 Å². The molecule has 2 aromatic rings. The van der Waals surface area contributed by atoms with E-state index in [2.05, 4.69) is 4.98 Å².